The van der Waals surface area contributed by atoms with Gasteiger partial charge in [0.2, 0.25) is 0 Å². The Kier molecular flexibility index (Phi) is 4.63. The summed E-state index contributed by atoms with van der Waals surface area (Å²) in [6.45, 7) is 9.46. The first-order chi connectivity index (χ1) is 10.1. The van der Waals surface area contributed by atoms with E-state index in [1.165, 1.54) is 5.97 Å². The van der Waals surface area contributed by atoms with Crippen molar-refractivity contribution in [3.63, 3.8) is 0 Å². The topological polar surface area (TPSA) is 50.7 Å². The van der Waals surface area contributed by atoms with Crippen molar-refractivity contribution in [2.24, 2.45) is 10.2 Å². The average Bonchev–Trinajstić information content (AvgIpc) is 2.51. The molecule has 101 valence electrons. The molecule has 3 nitrogen and oxygen atoms in total. The van der Waals surface area contributed by atoms with Crippen LogP contribution in [0.5, 0.6) is 0 Å². The van der Waals surface area contributed by atoms with Crippen LogP contribution in [0.4, 0.5) is 17.1 Å². The van der Waals surface area contributed by atoms with Crippen LogP contribution < -0.4 is 11.2 Å². The van der Waals surface area contributed by atoms with Crippen molar-refractivity contribution < 1.29 is 0 Å². The molecule has 21 heavy (non-hydrogen) atoms. The van der Waals surface area contributed by atoms with Crippen LogP contribution in [0, 0.1) is 13.8 Å². The van der Waals surface area contributed by atoms with Crippen molar-refractivity contribution >= 4 is 49.4 Å². The second-order valence-corrected chi connectivity index (χ2v) is 4.75. The van der Waals surface area contributed by atoms with E-state index in [2.05, 4.69) is 16.7 Å². The van der Waals surface area contributed by atoms with Crippen molar-refractivity contribution in [2.45, 2.75) is 13.8 Å². The number of nitrogens with zero attached hydrogens (tertiary/aromatic N) is 2. The van der Waals surface area contributed by atoms with Gasteiger partial charge in [0.05, 0.1) is 0 Å². The molecule has 5 heteroatoms. The Morgan fingerprint density at radius 3 is 2.38 bits per heavy atom. The van der Waals surface area contributed by atoms with E-state index in [1.54, 1.807) is 6.92 Å². The molecule has 0 saturated carbocycles. The molecule has 0 aliphatic carbocycles. The van der Waals surface area contributed by atoms with E-state index < -0.39 is 0 Å². The molecule has 0 heterocycles. The average molecular weight is 272 g/mol. The summed E-state index contributed by atoms with van der Waals surface area (Å²) in [6, 6.07) is 9.57. The van der Waals surface area contributed by atoms with Crippen molar-refractivity contribution in [3.8, 4) is 0 Å². The first-order valence-corrected chi connectivity index (χ1v) is 6.67. The van der Waals surface area contributed by atoms with E-state index in [1.807, 2.05) is 44.2 Å². The molecule has 0 atom stereocenters. The Morgan fingerprint density at radius 2 is 1.81 bits per heavy atom. The third-order valence-electron chi connectivity index (χ3n) is 3.50. The van der Waals surface area contributed by atoms with E-state index in [9.17, 15) is 0 Å². The SMILES string of the molecule is [B]=Cc1c(C)c(N=Nc2ccccc2)c(B=C)c(C)c1N. The Hall–Kier alpha value is -2.29. The maximum atomic E-state index is 6.12. The fourth-order valence-electron chi connectivity index (χ4n) is 2.25. The summed E-state index contributed by atoms with van der Waals surface area (Å²) in [7, 11) is 5.68. The molecule has 0 bridgehead atoms. The molecular weight excluding hydrogens is 256 g/mol. The standard InChI is InChI=1S/C16H16B2N3/c1-10-13(9-17)15(19)11(2)14(18-3)16(10)21-20-12-7-5-4-6-8-12/h4-9H,3,19H2,1-2H3. The van der Waals surface area contributed by atoms with Crippen LogP contribution >= 0.6 is 0 Å². The summed E-state index contributed by atoms with van der Waals surface area (Å²) >= 11 is 0. The molecule has 0 spiro atoms. The number of hydrogen-bond acceptors (Lipinski definition) is 3. The van der Waals surface area contributed by atoms with Gasteiger partial charge in [0.15, 0.2) is 0 Å². The monoisotopic (exact) mass is 272 g/mol. The van der Waals surface area contributed by atoms with Gasteiger partial charge >= 0.3 is 126 Å². The number of azo groups is 1. The van der Waals surface area contributed by atoms with Crippen LogP contribution in [0.15, 0.2) is 40.6 Å². The molecule has 0 saturated heterocycles. The molecule has 0 unspecified atom stereocenters. The summed E-state index contributed by atoms with van der Waals surface area (Å²) in [4.78, 5) is 0. The first-order valence-electron chi connectivity index (χ1n) is 6.67. The van der Waals surface area contributed by atoms with Gasteiger partial charge in [-0.2, -0.15) is 0 Å². The predicted octanol–water partition coefficient (Wildman–Crippen LogP) is 2.38. The van der Waals surface area contributed by atoms with Gasteiger partial charge in [-0.15, -0.1) is 0 Å². The molecule has 2 N–H and O–H groups in total. The van der Waals surface area contributed by atoms with Gasteiger partial charge in [-0.05, 0) is 0 Å². The first kappa shape index (κ1) is 15.1. The zero-order chi connectivity index (χ0) is 15.4. The molecule has 0 aliphatic heterocycles. The molecule has 0 aliphatic rings. The molecule has 1 radical (unpaired) electrons. The van der Waals surface area contributed by atoms with Crippen LogP contribution in [-0.4, -0.2) is 26.8 Å². The van der Waals surface area contributed by atoms with Crippen LogP contribution in [-0.2, 0) is 0 Å². The molecule has 0 amide bonds. The Balaban J connectivity index is 2.62. The Bertz CT molecular complexity index is 722. The number of hydrogen-bond donors (Lipinski definition) is 1. The van der Waals surface area contributed by atoms with Crippen molar-refractivity contribution in [2.75, 3.05) is 5.73 Å². The fraction of sp³-hybridized carbons (Fsp3) is 0.125. The predicted molar refractivity (Wildman–Crippen MR) is 94.4 cm³/mol. The molecule has 0 aromatic heterocycles. The Labute approximate surface area is 126 Å². The number of anilines is 1. The van der Waals surface area contributed by atoms with Gasteiger partial charge in [-0.25, -0.2) is 0 Å². The minimum atomic E-state index is 0.656. The Morgan fingerprint density at radius 1 is 1.14 bits per heavy atom. The number of nitrogen functional groups attached to an aromatic ring is 1. The molecule has 2 aromatic rings. The number of rotatable bonds is 4. The van der Waals surface area contributed by atoms with E-state index in [4.69, 9.17) is 13.2 Å². The normalized spacial score (nSPS) is 10.5. The van der Waals surface area contributed by atoms with Gasteiger partial charge in [-0.3, -0.25) is 0 Å². The fourth-order valence-corrected chi connectivity index (χ4v) is 2.25. The number of benzene rings is 2. The second kappa shape index (κ2) is 6.44. The summed E-state index contributed by atoms with van der Waals surface area (Å²) in [5, 5.41) is 8.65. The zero-order valence-electron chi connectivity index (χ0n) is 12.3. The van der Waals surface area contributed by atoms with Gasteiger partial charge in [-0.1, -0.05) is 0 Å². The van der Waals surface area contributed by atoms with E-state index in [0.29, 0.717) is 5.69 Å². The third kappa shape index (κ3) is 2.92. The molecule has 2 aromatic carbocycles. The summed E-state index contributed by atoms with van der Waals surface area (Å²) < 4.78 is 0. The van der Waals surface area contributed by atoms with Gasteiger partial charge in [0.25, 0.3) is 0 Å². The quantitative estimate of drug-likeness (QED) is 0.518. The van der Waals surface area contributed by atoms with Crippen LogP contribution in [0.25, 0.3) is 0 Å². The van der Waals surface area contributed by atoms with Crippen molar-refractivity contribution in [1.29, 1.82) is 0 Å². The summed E-state index contributed by atoms with van der Waals surface area (Å²) in [5.74, 6) is 1.51. The van der Waals surface area contributed by atoms with Crippen LogP contribution in [0.3, 0.4) is 0 Å². The summed E-state index contributed by atoms with van der Waals surface area (Å²) in [6.07, 6.45) is 0. The zero-order valence-corrected chi connectivity index (χ0v) is 12.3. The molecule has 0 fully saturated rings. The minimum absolute atomic E-state index is 0.656. The van der Waals surface area contributed by atoms with Gasteiger partial charge in [0.1, 0.15) is 0 Å². The van der Waals surface area contributed by atoms with Crippen LogP contribution in [0.1, 0.15) is 16.7 Å². The number of nitrogens with two attached hydrogens (primary N) is 1. The maximum absolute atomic E-state index is 6.12. The van der Waals surface area contributed by atoms with E-state index in [-0.39, 0.29) is 0 Å². The van der Waals surface area contributed by atoms with E-state index in [0.717, 1.165) is 33.5 Å². The van der Waals surface area contributed by atoms with Crippen LogP contribution in [0.2, 0.25) is 0 Å². The second-order valence-electron chi connectivity index (χ2n) is 4.75. The van der Waals surface area contributed by atoms with Gasteiger partial charge in [0, 0.05) is 0 Å². The van der Waals surface area contributed by atoms with Crippen molar-refractivity contribution in [1.82, 2.24) is 0 Å². The molecular formula is C16H16B2N3. The van der Waals surface area contributed by atoms with E-state index >= 15 is 0 Å². The third-order valence-corrected chi connectivity index (χ3v) is 3.50. The summed E-state index contributed by atoms with van der Waals surface area (Å²) in [5.41, 5.74) is 11.8. The molecule has 2 rings (SSSR count). The van der Waals surface area contributed by atoms with Crippen molar-refractivity contribution in [3.05, 3.63) is 47.0 Å². The van der Waals surface area contributed by atoms with Gasteiger partial charge < -0.3 is 0 Å².